The van der Waals surface area contributed by atoms with E-state index >= 15 is 0 Å². The van der Waals surface area contributed by atoms with Crippen molar-refractivity contribution in [2.75, 3.05) is 21.3 Å². The summed E-state index contributed by atoms with van der Waals surface area (Å²) in [5, 5.41) is 7.90. The molecule has 1 aliphatic carbocycles. The van der Waals surface area contributed by atoms with E-state index in [-0.39, 0.29) is 23.8 Å². The topological polar surface area (TPSA) is 74.6 Å². The summed E-state index contributed by atoms with van der Waals surface area (Å²) < 4.78 is 18.2. The monoisotopic (exact) mass is 449 g/mol. The van der Waals surface area contributed by atoms with Crippen LogP contribution in [0.5, 0.6) is 17.2 Å². The number of hydrogen-bond donors (Lipinski definition) is 1. The van der Waals surface area contributed by atoms with Crippen LogP contribution < -0.4 is 19.5 Å². The van der Waals surface area contributed by atoms with Crippen LogP contribution in [-0.4, -0.2) is 37.0 Å². The van der Waals surface area contributed by atoms with Crippen molar-refractivity contribution in [2.24, 2.45) is 5.41 Å². The lowest BCUT2D eigenvalue weighted by Crippen LogP contribution is -2.37. The van der Waals surface area contributed by atoms with Crippen LogP contribution in [0.4, 0.5) is 0 Å². The van der Waals surface area contributed by atoms with Gasteiger partial charge in [-0.15, -0.1) is 0 Å². The fourth-order valence-electron chi connectivity index (χ4n) is 4.63. The molecule has 7 nitrogen and oxygen atoms in total. The van der Waals surface area contributed by atoms with Crippen LogP contribution in [-0.2, 0) is 17.6 Å². The van der Waals surface area contributed by atoms with E-state index in [1.807, 2.05) is 53.3 Å². The second kappa shape index (κ2) is 9.17. The number of hydrogen-bond acceptors (Lipinski definition) is 5. The van der Waals surface area contributed by atoms with Crippen LogP contribution in [0.1, 0.15) is 43.1 Å². The third kappa shape index (κ3) is 4.67. The Bertz CT molecular complexity index is 1110. The molecule has 1 atom stereocenters. The van der Waals surface area contributed by atoms with Gasteiger partial charge in [0.05, 0.1) is 51.4 Å². The van der Waals surface area contributed by atoms with Crippen LogP contribution in [0.25, 0.3) is 5.69 Å². The van der Waals surface area contributed by atoms with Crippen LogP contribution in [0.15, 0.2) is 48.7 Å². The number of nitrogens with one attached hydrogen (secondary N) is 1. The van der Waals surface area contributed by atoms with Gasteiger partial charge >= 0.3 is 0 Å². The summed E-state index contributed by atoms with van der Waals surface area (Å²) in [6.45, 7) is 4.47. The number of benzene rings is 2. The number of fused-ring (bicyclic) bond motifs is 1. The Morgan fingerprint density at radius 1 is 1.09 bits per heavy atom. The number of methoxy groups -OCH3 is 3. The number of nitrogens with zero attached hydrogens (tertiary/aromatic N) is 2. The number of amides is 1. The Hall–Kier alpha value is -3.48. The molecule has 1 aromatic heterocycles. The van der Waals surface area contributed by atoms with Crippen LogP contribution in [0, 0.1) is 5.41 Å². The minimum atomic E-state index is -0.101. The van der Waals surface area contributed by atoms with Gasteiger partial charge in [-0.05, 0) is 48.1 Å². The fourth-order valence-corrected chi connectivity index (χ4v) is 4.63. The molecule has 1 heterocycles. The average Bonchev–Trinajstić information content (AvgIpc) is 3.21. The molecule has 174 valence electrons. The van der Waals surface area contributed by atoms with E-state index in [1.165, 1.54) is 0 Å². The zero-order valence-corrected chi connectivity index (χ0v) is 19.8. The first-order valence-electron chi connectivity index (χ1n) is 11.1. The molecule has 0 saturated heterocycles. The number of ether oxygens (including phenoxy) is 3. The number of rotatable bonds is 7. The molecule has 33 heavy (non-hydrogen) atoms. The molecule has 0 radical (unpaired) electrons. The van der Waals surface area contributed by atoms with E-state index in [2.05, 4.69) is 24.3 Å². The lowest BCUT2D eigenvalue weighted by atomic mass is 9.74. The van der Waals surface area contributed by atoms with Crippen molar-refractivity contribution in [1.82, 2.24) is 15.1 Å². The third-order valence-corrected chi connectivity index (χ3v) is 6.10. The summed E-state index contributed by atoms with van der Waals surface area (Å²) in [5.41, 5.74) is 4.08. The molecule has 0 saturated carbocycles. The maximum Gasteiger partial charge on any atom is 0.224 e. The van der Waals surface area contributed by atoms with E-state index in [9.17, 15) is 4.79 Å². The van der Waals surface area contributed by atoms with Gasteiger partial charge in [0, 0.05) is 5.56 Å². The van der Waals surface area contributed by atoms with Gasteiger partial charge in [0.15, 0.2) is 11.5 Å². The first-order chi connectivity index (χ1) is 15.8. The molecule has 1 amide bonds. The Morgan fingerprint density at radius 2 is 1.76 bits per heavy atom. The van der Waals surface area contributed by atoms with Crippen molar-refractivity contribution >= 4 is 5.91 Å². The summed E-state index contributed by atoms with van der Waals surface area (Å²) in [6.07, 6.45) is 3.84. The SMILES string of the molecule is COc1cc(CC(=O)N[C@H]2CC(C)(C)Cc3c2cnn3-c2ccccc2)cc(OC)c1OC. The molecule has 0 bridgehead atoms. The highest BCUT2D eigenvalue weighted by Crippen LogP contribution is 2.42. The number of aromatic nitrogens is 2. The molecular weight excluding hydrogens is 418 g/mol. The lowest BCUT2D eigenvalue weighted by molar-refractivity contribution is -0.121. The van der Waals surface area contributed by atoms with E-state index in [0.717, 1.165) is 35.3 Å². The van der Waals surface area contributed by atoms with Crippen LogP contribution in [0.2, 0.25) is 0 Å². The van der Waals surface area contributed by atoms with Gasteiger partial charge < -0.3 is 19.5 Å². The molecule has 2 aromatic carbocycles. The van der Waals surface area contributed by atoms with Crippen molar-refractivity contribution in [3.8, 4) is 22.9 Å². The third-order valence-electron chi connectivity index (χ3n) is 6.10. The second-order valence-corrected chi connectivity index (χ2v) is 9.17. The number of carbonyl (C=O) groups excluding carboxylic acids is 1. The Kier molecular flexibility index (Phi) is 6.31. The van der Waals surface area contributed by atoms with Gasteiger partial charge in [-0.25, -0.2) is 4.68 Å². The van der Waals surface area contributed by atoms with E-state index in [0.29, 0.717) is 17.2 Å². The second-order valence-electron chi connectivity index (χ2n) is 9.17. The van der Waals surface area contributed by atoms with Crippen molar-refractivity contribution < 1.29 is 19.0 Å². The highest BCUT2D eigenvalue weighted by molar-refractivity contribution is 5.79. The molecule has 7 heteroatoms. The minimum absolute atomic E-state index is 0.0318. The molecule has 1 aliphatic rings. The molecule has 0 aliphatic heterocycles. The average molecular weight is 450 g/mol. The van der Waals surface area contributed by atoms with Gasteiger partial charge in [-0.3, -0.25) is 4.79 Å². The highest BCUT2D eigenvalue weighted by atomic mass is 16.5. The Balaban J connectivity index is 1.58. The zero-order chi connectivity index (χ0) is 23.6. The summed E-state index contributed by atoms with van der Waals surface area (Å²) >= 11 is 0. The lowest BCUT2D eigenvalue weighted by Gasteiger charge is -2.36. The maximum atomic E-state index is 13.1. The van der Waals surface area contributed by atoms with Gasteiger partial charge in [-0.2, -0.15) is 5.10 Å². The summed E-state index contributed by atoms with van der Waals surface area (Å²) in [4.78, 5) is 13.1. The number of para-hydroxylation sites is 1. The van der Waals surface area contributed by atoms with Crippen LogP contribution in [0.3, 0.4) is 0 Å². The van der Waals surface area contributed by atoms with Crippen molar-refractivity contribution in [1.29, 1.82) is 0 Å². The van der Waals surface area contributed by atoms with Crippen molar-refractivity contribution in [3.05, 3.63) is 65.5 Å². The van der Waals surface area contributed by atoms with Gasteiger partial charge in [0.25, 0.3) is 0 Å². The summed E-state index contributed by atoms with van der Waals surface area (Å²) in [5.74, 6) is 1.51. The normalized spacial score (nSPS) is 16.6. The molecule has 1 N–H and O–H groups in total. The first kappa shape index (κ1) is 22.7. The molecule has 0 fully saturated rings. The molecule has 4 rings (SSSR count). The van der Waals surface area contributed by atoms with E-state index < -0.39 is 0 Å². The minimum Gasteiger partial charge on any atom is -0.493 e. The van der Waals surface area contributed by atoms with Crippen molar-refractivity contribution in [3.63, 3.8) is 0 Å². The smallest absolute Gasteiger partial charge is 0.224 e. The van der Waals surface area contributed by atoms with Crippen LogP contribution >= 0.6 is 0 Å². The highest BCUT2D eigenvalue weighted by Gasteiger charge is 2.36. The predicted octanol–water partition coefficient (Wildman–Crippen LogP) is 4.27. The zero-order valence-electron chi connectivity index (χ0n) is 19.8. The first-order valence-corrected chi connectivity index (χ1v) is 11.1. The quantitative estimate of drug-likeness (QED) is 0.583. The molecular formula is C26H31N3O4. The Morgan fingerprint density at radius 3 is 2.36 bits per heavy atom. The standard InChI is InChI=1S/C26H31N3O4/c1-26(2)14-20(19-16-27-29(21(19)15-26)18-9-7-6-8-10-18)28-24(30)13-17-11-22(31-3)25(33-5)23(12-17)32-4/h6-12,16,20H,13-15H2,1-5H3,(H,28,30)/t20-/m0/s1. The molecule has 0 unspecified atom stereocenters. The van der Waals surface area contributed by atoms with Gasteiger partial charge in [0.2, 0.25) is 11.7 Å². The van der Waals surface area contributed by atoms with Gasteiger partial charge in [0.1, 0.15) is 0 Å². The van der Waals surface area contributed by atoms with Gasteiger partial charge in [-0.1, -0.05) is 32.0 Å². The Labute approximate surface area is 194 Å². The summed E-state index contributed by atoms with van der Waals surface area (Å²) in [6, 6.07) is 13.6. The maximum absolute atomic E-state index is 13.1. The van der Waals surface area contributed by atoms with E-state index in [1.54, 1.807) is 21.3 Å². The summed E-state index contributed by atoms with van der Waals surface area (Å²) in [7, 11) is 4.69. The van der Waals surface area contributed by atoms with Crippen molar-refractivity contribution in [2.45, 2.75) is 39.2 Å². The predicted molar refractivity (Wildman–Crippen MR) is 126 cm³/mol. The van der Waals surface area contributed by atoms with E-state index in [4.69, 9.17) is 14.2 Å². The fraction of sp³-hybridized carbons (Fsp3) is 0.385. The molecule has 0 spiro atoms. The molecule has 3 aromatic rings. The number of carbonyl (C=O) groups is 1. The largest absolute Gasteiger partial charge is 0.493 e.